The Hall–Kier alpha value is -7.68. The molecule has 0 saturated heterocycles. The molecular weight excluding hydrogens is 703 g/mol. The van der Waals surface area contributed by atoms with Gasteiger partial charge >= 0.3 is 0 Å². The van der Waals surface area contributed by atoms with Crippen molar-refractivity contribution in [3.8, 4) is 22.3 Å². The van der Waals surface area contributed by atoms with Crippen LogP contribution >= 0.6 is 0 Å². The normalized spacial score (nSPS) is 11.8. The fraction of sp³-hybridized carbons (Fsp3) is 0. The van der Waals surface area contributed by atoms with E-state index >= 15 is 0 Å². The summed E-state index contributed by atoms with van der Waals surface area (Å²) in [5.41, 5.74) is 9.48. The minimum absolute atomic E-state index is 0.853. The molecule has 270 valence electrons. The Labute approximate surface area is 335 Å². The third kappa shape index (κ3) is 5.05. The second kappa shape index (κ2) is 12.9. The molecule has 12 rings (SSSR count). The molecule has 0 aliphatic heterocycles. The van der Waals surface area contributed by atoms with Gasteiger partial charge < -0.3 is 9.32 Å². The lowest BCUT2D eigenvalue weighted by atomic mass is 9.90. The van der Waals surface area contributed by atoms with Gasteiger partial charge in [0.1, 0.15) is 5.58 Å². The highest BCUT2D eigenvalue weighted by atomic mass is 16.3. The molecule has 11 aromatic carbocycles. The van der Waals surface area contributed by atoms with E-state index in [0.717, 1.165) is 50.1 Å². The second-order valence-electron chi connectivity index (χ2n) is 15.2. The molecule has 0 saturated carbocycles. The summed E-state index contributed by atoms with van der Waals surface area (Å²) in [6.45, 7) is 0. The highest BCUT2D eigenvalue weighted by Gasteiger charge is 2.23. The summed E-state index contributed by atoms with van der Waals surface area (Å²) in [6.07, 6.45) is 0. The highest BCUT2D eigenvalue weighted by molar-refractivity contribution is 6.27. The van der Waals surface area contributed by atoms with Gasteiger partial charge in [0.05, 0.1) is 5.69 Å². The molecule has 0 unspecified atom stereocenters. The van der Waals surface area contributed by atoms with Crippen molar-refractivity contribution in [3.63, 3.8) is 0 Å². The molecule has 0 atom stereocenters. The van der Waals surface area contributed by atoms with Crippen molar-refractivity contribution in [2.75, 3.05) is 4.90 Å². The van der Waals surface area contributed by atoms with Gasteiger partial charge in [-0.25, -0.2) is 0 Å². The molecule has 0 amide bonds. The van der Waals surface area contributed by atoms with Crippen LogP contribution in [0.25, 0.3) is 98.1 Å². The first-order valence-electron chi connectivity index (χ1n) is 19.9. The van der Waals surface area contributed by atoms with Crippen molar-refractivity contribution in [2.45, 2.75) is 0 Å². The molecule has 0 radical (unpaired) electrons. The first-order valence-corrected chi connectivity index (χ1v) is 19.9. The Morgan fingerprint density at radius 3 is 1.57 bits per heavy atom. The van der Waals surface area contributed by atoms with E-state index in [2.05, 4.69) is 217 Å². The van der Waals surface area contributed by atoms with Crippen LogP contribution < -0.4 is 4.90 Å². The summed E-state index contributed by atoms with van der Waals surface area (Å²) >= 11 is 0. The van der Waals surface area contributed by atoms with E-state index in [-0.39, 0.29) is 0 Å². The zero-order chi connectivity index (χ0) is 38.2. The topological polar surface area (TPSA) is 16.4 Å². The molecule has 2 heteroatoms. The Kier molecular flexibility index (Phi) is 7.26. The summed E-state index contributed by atoms with van der Waals surface area (Å²) in [7, 11) is 0. The van der Waals surface area contributed by atoms with E-state index < -0.39 is 0 Å². The number of hydrogen-bond donors (Lipinski definition) is 0. The van der Waals surface area contributed by atoms with E-state index in [0.29, 0.717) is 0 Å². The fourth-order valence-corrected chi connectivity index (χ4v) is 9.28. The van der Waals surface area contributed by atoms with Crippen molar-refractivity contribution in [2.24, 2.45) is 0 Å². The predicted molar refractivity (Wildman–Crippen MR) is 247 cm³/mol. The summed E-state index contributed by atoms with van der Waals surface area (Å²) in [5.74, 6) is 0. The van der Waals surface area contributed by atoms with Crippen LogP contribution in [0.5, 0.6) is 0 Å². The summed E-state index contributed by atoms with van der Waals surface area (Å²) in [6, 6.07) is 76.9. The van der Waals surface area contributed by atoms with Crippen LogP contribution in [0.4, 0.5) is 17.1 Å². The lowest BCUT2D eigenvalue weighted by Crippen LogP contribution is -2.10. The van der Waals surface area contributed by atoms with E-state index in [1.807, 2.05) is 0 Å². The smallest absolute Gasteiger partial charge is 0.159 e. The number of hydrogen-bond acceptors (Lipinski definition) is 2. The van der Waals surface area contributed by atoms with Crippen LogP contribution in [-0.2, 0) is 0 Å². The molecule has 12 aromatic rings. The molecule has 0 spiro atoms. The first-order chi connectivity index (χ1) is 28.8. The van der Waals surface area contributed by atoms with Crippen molar-refractivity contribution in [1.82, 2.24) is 0 Å². The summed E-state index contributed by atoms with van der Waals surface area (Å²) in [4.78, 5) is 2.35. The zero-order valence-corrected chi connectivity index (χ0v) is 31.6. The van der Waals surface area contributed by atoms with Gasteiger partial charge in [0, 0.05) is 27.7 Å². The molecule has 58 heavy (non-hydrogen) atoms. The third-order valence-electron chi connectivity index (χ3n) is 12.0. The van der Waals surface area contributed by atoms with Crippen LogP contribution in [0.1, 0.15) is 0 Å². The number of rotatable bonds is 5. The van der Waals surface area contributed by atoms with E-state index in [1.54, 1.807) is 0 Å². The van der Waals surface area contributed by atoms with Crippen LogP contribution in [-0.4, -0.2) is 0 Å². The minimum atomic E-state index is 0.853. The van der Waals surface area contributed by atoms with E-state index in [9.17, 15) is 0 Å². The Bertz CT molecular complexity index is 3530. The largest absolute Gasteiger partial charge is 0.453 e. The average Bonchev–Trinajstić information content (AvgIpc) is 3.67. The number of benzene rings is 11. The second-order valence-corrected chi connectivity index (χ2v) is 15.2. The summed E-state index contributed by atoms with van der Waals surface area (Å²) in [5, 5.41) is 14.5. The molecule has 1 heterocycles. The highest BCUT2D eigenvalue weighted by Crippen LogP contribution is 2.47. The molecule has 0 bridgehead atoms. The average molecular weight is 738 g/mol. The van der Waals surface area contributed by atoms with Crippen LogP contribution in [0.2, 0.25) is 0 Å². The molecular formula is C56H35NO. The standard InChI is InChI=1S/C56H35NO/c1-2-13-36(14-3-1)38-25-29-42(30-26-38)57(43-31-27-37-15-4-5-16-39(37)33-43)53-24-12-23-50-52-34-40-17-6-7-18-44(40)54(56(52)58-55(50)53)41-28-32-49-47-21-9-8-19-45(47)46-20-10-11-22-48(46)51(49)35-41/h1-35H. The van der Waals surface area contributed by atoms with E-state index in [4.69, 9.17) is 4.42 Å². The van der Waals surface area contributed by atoms with Gasteiger partial charge in [-0.15, -0.1) is 0 Å². The third-order valence-corrected chi connectivity index (χ3v) is 12.0. The van der Waals surface area contributed by atoms with Gasteiger partial charge in [-0.1, -0.05) is 170 Å². The maximum atomic E-state index is 7.31. The first kappa shape index (κ1) is 32.6. The van der Waals surface area contributed by atoms with Crippen molar-refractivity contribution in [1.29, 1.82) is 0 Å². The maximum absolute atomic E-state index is 7.31. The molecule has 0 N–H and O–H groups in total. The van der Waals surface area contributed by atoms with Gasteiger partial charge in [0.2, 0.25) is 0 Å². The number of furan rings is 1. The molecule has 1 aromatic heterocycles. The quantitative estimate of drug-likeness (QED) is 0.164. The fourth-order valence-electron chi connectivity index (χ4n) is 9.28. The predicted octanol–water partition coefficient (Wildman–Crippen LogP) is 16.2. The Morgan fingerprint density at radius 1 is 0.276 bits per heavy atom. The molecule has 2 nitrogen and oxygen atoms in total. The van der Waals surface area contributed by atoms with Gasteiger partial charge in [0.25, 0.3) is 0 Å². The van der Waals surface area contributed by atoms with Crippen molar-refractivity contribution >= 4 is 92.9 Å². The lowest BCUT2D eigenvalue weighted by molar-refractivity contribution is 0.670. The number of anilines is 3. The summed E-state index contributed by atoms with van der Waals surface area (Å²) < 4.78 is 7.31. The number of para-hydroxylation sites is 1. The van der Waals surface area contributed by atoms with Gasteiger partial charge in [-0.3, -0.25) is 0 Å². The lowest BCUT2D eigenvalue weighted by Gasteiger charge is -2.26. The van der Waals surface area contributed by atoms with Crippen molar-refractivity contribution < 1.29 is 4.42 Å². The van der Waals surface area contributed by atoms with Gasteiger partial charge in [-0.2, -0.15) is 0 Å². The van der Waals surface area contributed by atoms with E-state index in [1.165, 1.54) is 65.0 Å². The van der Waals surface area contributed by atoms with Crippen LogP contribution in [0.15, 0.2) is 217 Å². The maximum Gasteiger partial charge on any atom is 0.159 e. The van der Waals surface area contributed by atoms with Gasteiger partial charge in [-0.05, 0) is 113 Å². The number of fused-ring (bicyclic) bond motifs is 11. The van der Waals surface area contributed by atoms with Crippen LogP contribution in [0.3, 0.4) is 0 Å². The number of nitrogens with zero attached hydrogens (tertiary/aromatic N) is 1. The minimum Gasteiger partial charge on any atom is -0.453 e. The Balaban J connectivity index is 1.12. The molecule has 0 aliphatic carbocycles. The monoisotopic (exact) mass is 737 g/mol. The van der Waals surface area contributed by atoms with Crippen LogP contribution in [0, 0.1) is 0 Å². The van der Waals surface area contributed by atoms with Crippen molar-refractivity contribution in [3.05, 3.63) is 212 Å². The SMILES string of the molecule is c1ccc(-c2ccc(N(c3ccc4ccccc4c3)c3cccc4c3oc3c(-c5ccc6c7ccccc7c7ccccc7c6c5)c5ccccc5cc34)cc2)cc1. The van der Waals surface area contributed by atoms with Gasteiger partial charge in [0.15, 0.2) is 5.58 Å². The molecule has 0 fully saturated rings. The Morgan fingerprint density at radius 2 is 0.828 bits per heavy atom. The molecule has 0 aliphatic rings. The zero-order valence-electron chi connectivity index (χ0n) is 31.6.